The van der Waals surface area contributed by atoms with E-state index in [4.69, 9.17) is 4.42 Å². The molecule has 1 saturated heterocycles. The number of anilines is 1. The first-order valence-electron chi connectivity index (χ1n) is 12.2. The Morgan fingerprint density at radius 1 is 1.11 bits per heavy atom. The van der Waals surface area contributed by atoms with E-state index in [0.29, 0.717) is 26.2 Å². The molecule has 0 unspecified atom stereocenters. The van der Waals surface area contributed by atoms with E-state index in [2.05, 4.69) is 16.0 Å². The van der Waals surface area contributed by atoms with Gasteiger partial charge in [0, 0.05) is 55.4 Å². The van der Waals surface area contributed by atoms with Crippen LogP contribution < -0.4 is 4.90 Å². The van der Waals surface area contributed by atoms with E-state index in [1.807, 2.05) is 43.0 Å². The van der Waals surface area contributed by atoms with Gasteiger partial charge in [0.15, 0.2) is 0 Å². The van der Waals surface area contributed by atoms with Crippen molar-refractivity contribution in [3.05, 3.63) is 66.1 Å². The summed E-state index contributed by atoms with van der Waals surface area (Å²) >= 11 is 0. The predicted molar refractivity (Wildman–Crippen MR) is 132 cm³/mol. The molecule has 0 radical (unpaired) electrons. The SMILES string of the molecule is C[C@@H]1CN(c2ncccc2C(F)(F)F)C[C@H](C)N1CC(=O)N1CC=C(c2cccc3ccoc23)CC1. The molecule has 4 heterocycles. The highest BCUT2D eigenvalue weighted by Gasteiger charge is 2.39. The maximum absolute atomic E-state index is 13.5. The van der Waals surface area contributed by atoms with E-state index in [9.17, 15) is 18.0 Å². The zero-order valence-corrected chi connectivity index (χ0v) is 20.3. The minimum atomic E-state index is -4.47. The van der Waals surface area contributed by atoms with Crippen LogP contribution >= 0.6 is 0 Å². The molecule has 1 aromatic carbocycles. The van der Waals surface area contributed by atoms with Gasteiger partial charge in [0.1, 0.15) is 11.4 Å². The van der Waals surface area contributed by atoms with Gasteiger partial charge in [0.05, 0.1) is 18.4 Å². The number of amides is 1. The van der Waals surface area contributed by atoms with Crippen molar-refractivity contribution in [3.8, 4) is 0 Å². The number of para-hydroxylation sites is 1. The second kappa shape index (κ2) is 9.61. The highest BCUT2D eigenvalue weighted by atomic mass is 19.4. The summed E-state index contributed by atoms with van der Waals surface area (Å²) in [5, 5.41) is 1.06. The molecule has 1 fully saturated rings. The highest BCUT2D eigenvalue weighted by Crippen LogP contribution is 2.36. The molecule has 3 aromatic rings. The van der Waals surface area contributed by atoms with Gasteiger partial charge >= 0.3 is 6.18 Å². The third-order valence-corrected chi connectivity index (χ3v) is 7.20. The van der Waals surface area contributed by atoms with Gasteiger partial charge in [-0.25, -0.2) is 4.98 Å². The Morgan fingerprint density at radius 3 is 2.58 bits per heavy atom. The van der Waals surface area contributed by atoms with Crippen LogP contribution in [0.25, 0.3) is 16.5 Å². The Balaban J connectivity index is 1.23. The van der Waals surface area contributed by atoms with Crippen molar-refractivity contribution >= 4 is 28.3 Å². The molecule has 2 aliphatic heterocycles. The van der Waals surface area contributed by atoms with Crippen molar-refractivity contribution in [2.45, 2.75) is 38.5 Å². The molecule has 0 bridgehead atoms. The number of aromatic nitrogens is 1. The summed E-state index contributed by atoms with van der Waals surface area (Å²) in [4.78, 5) is 22.8. The second-order valence-electron chi connectivity index (χ2n) is 9.61. The number of rotatable bonds is 4. The second-order valence-corrected chi connectivity index (χ2v) is 9.61. The molecule has 2 atom stereocenters. The monoisotopic (exact) mass is 498 g/mol. The lowest BCUT2D eigenvalue weighted by molar-refractivity contribution is -0.137. The number of nitrogens with zero attached hydrogens (tertiary/aromatic N) is 4. The van der Waals surface area contributed by atoms with Crippen molar-refractivity contribution in [2.24, 2.45) is 0 Å². The first-order chi connectivity index (χ1) is 17.2. The molecular weight excluding hydrogens is 469 g/mol. The maximum Gasteiger partial charge on any atom is 0.419 e. The van der Waals surface area contributed by atoms with Crippen LogP contribution in [0.1, 0.15) is 31.4 Å². The number of fused-ring (bicyclic) bond motifs is 1. The number of alkyl halides is 3. The van der Waals surface area contributed by atoms with E-state index in [0.717, 1.165) is 29.0 Å². The predicted octanol–water partition coefficient (Wildman–Crippen LogP) is 5.06. The number of hydrogen-bond donors (Lipinski definition) is 0. The van der Waals surface area contributed by atoms with Crippen LogP contribution in [-0.4, -0.2) is 65.5 Å². The maximum atomic E-state index is 13.5. The Bertz CT molecular complexity index is 1270. The minimum absolute atomic E-state index is 0.0301. The molecule has 0 saturated carbocycles. The molecule has 6 nitrogen and oxygen atoms in total. The van der Waals surface area contributed by atoms with Gasteiger partial charge in [0.25, 0.3) is 0 Å². The Morgan fingerprint density at radius 2 is 1.89 bits per heavy atom. The number of piperazine rings is 1. The number of benzene rings is 1. The molecule has 2 aliphatic rings. The Hall–Kier alpha value is -3.33. The topological polar surface area (TPSA) is 52.8 Å². The minimum Gasteiger partial charge on any atom is -0.464 e. The van der Waals surface area contributed by atoms with E-state index in [1.54, 1.807) is 11.2 Å². The van der Waals surface area contributed by atoms with Crippen molar-refractivity contribution in [1.29, 1.82) is 0 Å². The van der Waals surface area contributed by atoms with Crippen LogP contribution in [-0.2, 0) is 11.0 Å². The standard InChI is InChI=1S/C27H29F3N4O2/c1-18-15-33(26-23(27(28,29)30)7-4-11-31-26)16-19(2)34(18)17-24(35)32-12-8-20(9-13-32)22-6-3-5-21-10-14-36-25(21)22/h3-8,10-11,14,18-19H,9,12-13,15-17H2,1-2H3/t18-,19+. The molecule has 2 aromatic heterocycles. The fraction of sp³-hybridized carbons (Fsp3) is 0.407. The zero-order valence-electron chi connectivity index (χ0n) is 20.3. The van der Waals surface area contributed by atoms with E-state index in [-0.39, 0.29) is 30.4 Å². The summed E-state index contributed by atoms with van der Waals surface area (Å²) in [7, 11) is 0. The summed E-state index contributed by atoms with van der Waals surface area (Å²) in [5.74, 6) is -0.0163. The smallest absolute Gasteiger partial charge is 0.419 e. The van der Waals surface area contributed by atoms with Crippen LogP contribution in [0.4, 0.5) is 19.0 Å². The third kappa shape index (κ3) is 4.72. The van der Waals surface area contributed by atoms with Crippen LogP contribution in [0.5, 0.6) is 0 Å². The molecule has 0 N–H and O–H groups in total. The third-order valence-electron chi connectivity index (χ3n) is 7.20. The molecule has 190 valence electrons. The lowest BCUT2D eigenvalue weighted by atomic mass is 9.98. The molecule has 0 aliphatic carbocycles. The quantitative estimate of drug-likeness (QED) is 0.503. The lowest BCUT2D eigenvalue weighted by Gasteiger charge is -2.45. The normalized spacial score (nSPS) is 21.6. The summed E-state index contributed by atoms with van der Waals surface area (Å²) < 4.78 is 46.2. The molecule has 36 heavy (non-hydrogen) atoms. The summed E-state index contributed by atoms with van der Waals surface area (Å²) in [6.45, 7) is 6.02. The average Bonchev–Trinajstić information content (AvgIpc) is 3.35. The zero-order chi connectivity index (χ0) is 25.4. The fourth-order valence-corrected chi connectivity index (χ4v) is 5.35. The molecule has 9 heteroatoms. The van der Waals surface area contributed by atoms with Gasteiger partial charge in [-0.3, -0.25) is 9.69 Å². The summed E-state index contributed by atoms with van der Waals surface area (Å²) in [5.41, 5.74) is 2.38. The van der Waals surface area contributed by atoms with Gasteiger partial charge in [-0.1, -0.05) is 24.3 Å². The lowest BCUT2D eigenvalue weighted by Crippen LogP contribution is -2.59. The van der Waals surface area contributed by atoms with E-state index < -0.39 is 11.7 Å². The van der Waals surface area contributed by atoms with Crippen molar-refractivity contribution in [3.63, 3.8) is 0 Å². The summed E-state index contributed by atoms with van der Waals surface area (Å²) in [6, 6.07) is 10.2. The average molecular weight is 499 g/mol. The van der Waals surface area contributed by atoms with Gasteiger partial charge in [-0.15, -0.1) is 0 Å². The van der Waals surface area contributed by atoms with E-state index in [1.165, 1.54) is 17.8 Å². The van der Waals surface area contributed by atoms with Crippen molar-refractivity contribution in [1.82, 2.24) is 14.8 Å². The molecule has 5 rings (SSSR count). The molecule has 0 spiro atoms. The number of carbonyl (C=O) groups excluding carboxylic acids is 1. The number of pyridine rings is 1. The number of furan rings is 1. The fourth-order valence-electron chi connectivity index (χ4n) is 5.35. The van der Waals surface area contributed by atoms with Crippen LogP contribution in [0.3, 0.4) is 0 Å². The number of carbonyl (C=O) groups is 1. The van der Waals surface area contributed by atoms with Crippen molar-refractivity contribution in [2.75, 3.05) is 37.6 Å². The Kier molecular flexibility index (Phi) is 6.51. The first-order valence-corrected chi connectivity index (χ1v) is 12.2. The largest absolute Gasteiger partial charge is 0.464 e. The molecule has 1 amide bonds. The van der Waals surface area contributed by atoms with Gasteiger partial charge in [-0.05, 0) is 44.0 Å². The highest BCUT2D eigenvalue weighted by molar-refractivity contribution is 5.90. The molecular formula is C27H29F3N4O2. The van der Waals surface area contributed by atoms with Crippen LogP contribution in [0, 0.1) is 0 Å². The Labute approximate surface area is 208 Å². The van der Waals surface area contributed by atoms with Gasteiger partial charge in [0.2, 0.25) is 5.91 Å². The van der Waals surface area contributed by atoms with Gasteiger partial charge < -0.3 is 14.2 Å². The van der Waals surface area contributed by atoms with Crippen LogP contribution in [0.2, 0.25) is 0 Å². The van der Waals surface area contributed by atoms with Crippen LogP contribution in [0.15, 0.2) is 59.4 Å². The van der Waals surface area contributed by atoms with Gasteiger partial charge in [-0.2, -0.15) is 13.2 Å². The van der Waals surface area contributed by atoms with E-state index >= 15 is 0 Å². The first kappa shape index (κ1) is 24.4. The number of halogens is 3. The summed E-state index contributed by atoms with van der Waals surface area (Å²) in [6.07, 6.45) is 1.44. The van der Waals surface area contributed by atoms with Crippen molar-refractivity contribution < 1.29 is 22.4 Å². The number of hydrogen-bond acceptors (Lipinski definition) is 5.